The molecule has 0 saturated carbocycles. The van der Waals surface area contributed by atoms with Crippen molar-refractivity contribution >= 4 is 17.2 Å². The molecule has 0 N–H and O–H groups in total. The molecule has 2 nitrogen and oxygen atoms in total. The fraction of sp³-hybridized carbons (Fsp3) is 0. The van der Waals surface area contributed by atoms with Crippen LogP contribution in [-0.2, 0) is 11.5 Å². The van der Waals surface area contributed by atoms with Crippen LogP contribution in [0.2, 0.25) is 0 Å². The monoisotopic (exact) mass is 157 g/mol. The molecule has 0 aliphatic rings. The summed E-state index contributed by atoms with van der Waals surface area (Å²) in [5.41, 5.74) is 0.487. The van der Waals surface area contributed by atoms with Gasteiger partial charge in [0.05, 0.1) is 5.69 Å². The highest BCUT2D eigenvalue weighted by Gasteiger charge is 1.88. The Hall–Kier alpha value is -1.03. The summed E-state index contributed by atoms with van der Waals surface area (Å²) in [6.45, 7) is 0. The fourth-order valence-electron chi connectivity index (χ4n) is 0.545. The minimum Gasteiger partial charge on any atom is -0.207 e. The van der Waals surface area contributed by atoms with Crippen LogP contribution in [0.4, 0.5) is 10.1 Å². The zero-order chi connectivity index (χ0) is 7.40. The van der Waals surface area contributed by atoms with Gasteiger partial charge < -0.3 is 0 Å². The summed E-state index contributed by atoms with van der Waals surface area (Å²) in [7, 11) is 0. The average molecular weight is 157 g/mol. The number of hydrogen-bond donors (Lipinski definition) is 0. The van der Waals surface area contributed by atoms with Crippen molar-refractivity contribution in [2.75, 3.05) is 0 Å². The normalized spacial score (nSPS) is 8.90. The minimum absolute atomic E-state index is 0.113. The van der Waals surface area contributed by atoms with Gasteiger partial charge in [-0.2, -0.15) is 8.57 Å². The lowest BCUT2D eigenvalue weighted by atomic mass is 10.3. The molecule has 1 aromatic rings. The van der Waals surface area contributed by atoms with Crippen molar-refractivity contribution < 1.29 is 8.60 Å². The van der Waals surface area contributed by atoms with E-state index in [9.17, 15) is 8.60 Å². The molecule has 0 fully saturated rings. The molecule has 0 saturated heterocycles. The molecule has 0 spiro atoms. The first kappa shape index (κ1) is 7.08. The van der Waals surface area contributed by atoms with Crippen LogP contribution >= 0.6 is 0 Å². The highest BCUT2D eigenvalue weighted by molar-refractivity contribution is 7.54. The molecule has 0 radical (unpaired) electrons. The molecule has 0 bridgehead atoms. The van der Waals surface area contributed by atoms with Crippen molar-refractivity contribution in [3.63, 3.8) is 0 Å². The summed E-state index contributed by atoms with van der Waals surface area (Å²) in [5.74, 6) is -0.324. The van der Waals surface area contributed by atoms with Gasteiger partial charge in [-0.3, -0.25) is 0 Å². The summed E-state index contributed by atoms with van der Waals surface area (Å²) < 4.78 is 25.5. The standard InChI is InChI=1S/C6H4FNOS/c7-5-1-3-6(4-2-5)8-10-9/h1-4H. The van der Waals surface area contributed by atoms with Crippen molar-refractivity contribution in [3.05, 3.63) is 30.1 Å². The number of nitrogens with zero attached hydrogens (tertiary/aromatic N) is 1. The molecule has 0 aliphatic carbocycles. The molecule has 10 heavy (non-hydrogen) atoms. The molecule has 0 atom stereocenters. The van der Waals surface area contributed by atoms with Crippen molar-refractivity contribution in [1.29, 1.82) is 0 Å². The third kappa shape index (κ3) is 1.73. The second kappa shape index (κ2) is 3.22. The van der Waals surface area contributed by atoms with Gasteiger partial charge in [-0.25, -0.2) is 4.39 Å². The van der Waals surface area contributed by atoms with Gasteiger partial charge in [-0.1, -0.05) is 0 Å². The summed E-state index contributed by atoms with van der Waals surface area (Å²) in [6.07, 6.45) is 0. The van der Waals surface area contributed by atoms with Crippen LogP contribution in [0.15, 0.2) is 28.6 Å². The van der Waals surface area contributed by atoms with Crippen LogP contribution in [0.25, 0.3) is 0 Å². The Kier molecular flexibility index (Phi) is 2.28. The van der Waals surface area contributed by atoms with Gasteiger partial charge in [0.1, 0.15) is 5.82 Å². The van der Waals surface area contributed by atoms with Crippen LogP contribution in [0.1, 0.15) is 0 Å². The first-order valence-electron chi connectivity index (χ1n) is 2.58. The van der Waals surface area contributed by atoms with Crippen LogP contribution in [0.5, 0.6) is 0 Å². The lowest BCUT2D eigenvalue weighted by Gasteiger charge is -1.86. The van der Waals surface area contributed by atoms with Gasteiger partial charge >= 0.3 is 0 Å². The molecule has 52 valence electrons. The van der Waals surface area contributed by atoms with Gasteiger partial charge in [0.15, 0.2) is 0 Å². The van der Waals surface area contributed by atoms with E-state index in [1.165, 1.54) is 24.3 Å². The molecule has 0 unspecified atom stereocenters. The smallest absolute Gasteiger partial charge is 0.205 e. The maximum atomic E-state index is 12.2. The van der Waals surface area contributed by atoms with Crippen LogP contribution in [0, 0.1) is 5.82 Å². The van der Waals surface area contributed by atoms with Crippen molar-refractivity contribution in [2.24, 2.45) is 4.36 Å². The number of halogens is 1. The molecule has 0 heterocycles. The largest absolute Gasteiger partial charge is 0.207 e. The molecule has 0 amide bonds. The van der Waals surface area contributed by atoms with E-state index in [0.717, 1.165) is 0 Å². The Morgan fingerprint density at radius 3 is 2.40 bits per heavy atom. The van der Waals surface area contributed by atoms with Crippen LogP contribution in [0.3, 0.4) is 0 Å². The van der Waals surface area contributed by atoms with E-state index in [-0.39, 0.29) is 17.3 Å². The van der Waals surface area contributed by atoms with Gasteiger partial charge in [0, 0.05) is 0 Å². The molecular formula is C6H4FNOS. The number of hydrogen-bond acceptors (Lipinski definition) is 2. The van der Waals surface area contributed by atoms with E-state index in [1.807, 2.05) is 0 Å². The lowest BCUT2D eigenvalue weighted by molar-refractivity contribution is 0.628. The predicted octanol–water partition coefficient (Wildman–Crippen LogP) is 1.85. The van der Waals surface area contributed by atoms with E-state index in [4.69, 9.17) is 0 Å². The second-order valence-electron chi connectivity index (χ2n) is 1.64. The highest BCUT2D eigenvalue weighted by Crippen LogP contribution is 2.10. The predicted molar refractivity (Wildman–Crippen MR) is 36.6 cm³/mol. The zero-order valence-corrected chi connectivity index (χ0v) is 5.77. The minimum atomic E-state index is -0.324. The summed E-state index contributed by atoms with van der Waals surface area (Å²) in [6, 6.07) is 5.41. The van der Waals surface area contributed by atoms with E-state index < -0.39 is 0 Å². The Labute approximate surface area is 60.9 Å². The molecule has 1 rings (SSSR count). The topological polar surface area (TPSA) is 29.4 Å². The molecule has 0 aliphatic heterocycles. The Balaban J connectivity index is 3.00. The number of rotatable bonds is 1. The summed E-state index contributed by atoms with van der Waals surface area (Å²) in [5, 5.41) is 0. The number of benzene rings is 1. The van der Waals surface area contributed by atoms with E-state index in [0.29, 0.717) is 5.69 Å². The van der Waals surface area contributed by atoms with Crippen LogP contribution < -0.4 is 0 Å². The molecule has 1 aromatic carbocycles. The fourth-order valence-corrected chi connectivity index (χ4v) is 0.753. The maximum absolute atomic E-state index is 12.2. The van der Waals surface area contributed by atoms with Crippen molar-refractivity contribution in [2.45, 2.75) is 0 Å². The Bertz CT molecular complexity index is 266. The van der Waals surface area contributed by atoms with Crippen molar-refractivity contribution in [3.8, 4) is 0 Å². The van der Waals surface area contributed by atoms with Gasteiger partial charge in [-0.15, -0.1) is 0 Å². The quantitative estimate of drug-likeness (QED) is 0.611. The Morgan fingerprint density at radius 2 is 1.90 bits per heavy atom. The first-order chi connectivity index (χ1) is 4.83. The summed E-state index contributed by atoms with van der Waals surface area (Å²) >= 11 is 0.113. The lowest BCUT2D eigenvalue weighted by Crippen LogP contribution is -1.68. The van der Waals surface area contributed by atoms with Crippen LogP contribution in [-0.4, -0.2) is 4.21 Å². The van der Waals surface area contributed by atoms with Gasteiger partial charge in [-0.05, 0) is 24.3 Å². The zero-order valence-electron chi connectivity index (χ0n) is 4.95. The van der Waals surface area contributed by atoms with E-state index >= 15 is 0 Å². The second-order valence-corrected chi connectivity index (χ2v) is 1.97. The van der Waals surface area contributed by atoms with Crippen molar-refractivity contribution in [1.82, 2.24) is 0 Å². The van der Waals surface area contributed by atoms with Gasteiger partial charge in [0.25, 0.3) is 0 Å². The Morgan fingerprint density at radius 1 is 1.30 bits per heavy atom. The van der Waals surface area contributed by atoms with E-state index in [2.05, 4.69) is 4.36 Å². The SMILES string of the molecule is O=S=Nc1ccc(F)cc1. The molecule has 4 heteroatoms. The first-order valence-corrected chi connectivity index (χ1v) is 3.28. The average Bonchev–Trinajstić information content (AvgIpc) is 1.95. The summed E-state index contributed by atoms with van der Waals surface area (Å²) in [4.78, 5) is 0. The molecule has 0 aromatic heterocycles. The van der Waals surface area contributed by atoms with Gasteiger partial charge in [0.2, 0.25) is 11.5 Å². The maximum Gasteiger partial charge on any atom is 0.205 e. The highest BCUT2D eigenvalue weighted by atomic mass is 32.1. The molecular weight excluding hydrogens is 153 g/mol. The third-order valence-corrected chi connectivity index (χ3v) is 1.25. The third-order valence-electron chi connectivity index (χ3n) is 0.969. The van der Waals surface area contributed by atoms with E-state index in [1.54, 1.807) is 0 Å².